The van der Waals surface area contributed by atoms with Crippen LogP contribution in [-0.4, -0.2) is 37.0 Å². The van der Waals surface area contributed by atoms with E-state index in [0.717, 1.165) is 13.1 Å². The summed E-state index contributed by atoms with van der Waals surface area (Å²) in [4.78, 5) is 12.1. The normalized spacial score (nSPS) is 9.88. The van der Waals surface area contributed by atoms with Gasteiger partial charge in [0.25, 0.3) is 5.69 Å². The van der Waals surface area contributed by atoms with Crippen molar-refractivity contribution in [3.8, 4) is 0 Å². The van der Waals surface area contributed by atoms with Crippen LogP contribution in [0.1, 0.15) is 0 Å². The number of nitro groups is 1. The Hall–Kier alpha value is -1.04. The third-order valence-electron chi connectivity index (χ3n) is 2.04. The summed E-state index contributed by atoms with van der Waals surface area (Å²) in [7, 11) is 3.94. The Morgan fingerprint density at radius 2 is 2.12 bits per heavy atom. The number of halogens is 2. The van der Waals surface area contributed by atoms with Gasteiger partial charge in [-0.2, -0.15) is 0 Å². The molecular formula is C10H14Cl2N3O2-. The molecule has 5 nitrogen and oxygen atoms in total. The van der Waals surface area contributed by atoms with E-state index in [2.05, 4.69) is 5.32 Å². The fourth-order valence-electron chi connectivity index (χ4n) is 1.18. The zero-order valence-corrected chi connectivity index (χ0v) is 11.1. The van der Waals surface area contributed by atoms with Gasteiger partial charge in [-0.15, -0.1) is 0 Å². The van der Waals surface area contributed by atoms with Gasteiger partial charge in [0.15, 0.2) is 0 Å². The minimum absolute atomic E-state index is 0. The SMILES string of the molecule is CN(C)CCNc1ccc([N+](=O)[O-])cc1Cl.[Cl-]. The third kappa shape index (κ3) is 5.21. The van der Waals surface area contributed by atoms with Gasteiger partial charge in [0.2, 0.25) is 0 Å². The van der Waals surface area contributed by atoms with Gasteiger partial charge in [-0.3, -0.25) is 10.1 Å². The number of nitrogens with zero attached hydrogens (tertiary/aromatic N) is 2. The van der Waals surface area contributed by atoms with Crippen LogP contribution in [-0.2, 0) is 0 Å². The number of likely N-dealkylation sites (N-methyl/N-ethyl adjacent to an activating group) is 1. The molecule has 0 bridgehead atoms. The van der Waals surface area contributed by atoms with Crippen LogP contribution >= 0.6 is 11.6 Å². The number of non-ortho nitro benzene ring substituents is 1. The van der Waals surface area contributed by atoms with Gasteiger partial charge in [0.1, 0.15) is 0 Å². The van der Waals surface area contributed by atoms with Gasteiger partial charge < -0.3 is 22.6 Å². The standard InChI is InChI=1S/C10H14ClN3O2.ClH/c1-13(2)6-5-12-10-4-3-8(14(15)16)7-9(10)11;/h3-4,7,12H,5-6H2,1-2H3;1H/p-1. The van der Waals surface area contributed by atoms with E-state index in [4.69, 9.17) is 11.6 Å². The predicted molar refractivity (Wildman–Crippen MR) is 65.2 cm³/mol. The van der Waals surface area contributed by atoms with Crippen LogP contribution < -0.4 is 17.7 Å². The Balaban J connectivity index is 0.00000256. The summed E-state index contributed by atoms with van der Waals surface area (Å²) in [6.45, 7) is 1.61. The maximum absolute atomic E-state index is 10.5. The number of hydrogen-bond donors (Lipinski definition) is 1. The van der Waals surface area contributed by atoms with Crippen molar-refractivity contribution >= 4 is 23.0 Å². The largest absolute Gasteiger partial charge is 1.00 e. The van der Waals surface area contributed by atoms with Crippen molar-refractivity contribution in [3.63, 3.8) is 0 Å². The van der Waals surface area contributed by atoms with Crippen molar-refractivity contribution in [1.29, 1.82) is 0 Å². The lowest BCUT2D eigenvalue weighted by Gasteiger charge is -2.12. The molecule has 0 atom stereocenters. The van der Waals surface area contributed by atoms with E-state index < -0.39 is 4.92 Å². The van der Waals surface area contributed by atoms with Crippen molar-refractivity contribution in [3.05, 3.63) is 33.3 Å². The topological polar surface area (TPSA) is 58.4 Å². The average molecular weight is 279 g/mol. The van der Waals surface area contributed by atoms with Crippen LogP contribution in [0.25, 0.3) is 0 Å². The molecule has 17 heavy (non-hydrogen) atoms. The molecule has 0 unspecified atom stereocenters. The van der Waals surface area contributed by atoms with Gasteiger partial charge >= 0.3 is 0 Å². The molecule has 1 N–H and O–H groups in total. The molecule has 0 amide bonds. The van der Waals surface area contributed by atoms with E-state index in [1.54, 1.807) is 6.07 Å². The number of nitrogens with one attached hydrogen (secondary N) is 1. The summed E-state index contributed by atoms with van der Waals surface area (Å²) in [6, 6.07) is 4.40. The first-order valence-electron chi connectivity index (χ1n) is 4.83. The molecule has 1 aromatic carbocycles. The second-order valence-corrected chi connectivity index (χ2v) is 4.06. The molecule has 1 aromatic rings. The fourth-order valence-corrected chi connectivity index (χ4v) is 1.42. The second-order valence-electron chi connectivity index (χ2n) is 3.65. The summed E-state index contributed by atoms with van der Waals surface area (Å²) in [5, 5.41) is 14.0. The number of benzene rings is 1. The predicted octanol–water partition coefficient (Wildman–Crippen LogP) is -0.774. The van der Waals surface area contributed by atoms with Crippen LogP contribution in [0.5, 0.6) is 0 Å². The van der Waals surface area contributed by atoms with Gasteiger partial charge in [-0.25, -0.2) is 0 Å². The van der Waals surface area contributed by atoms with Crippen LogP contribution in [0.3, 0.4) is 0 Å². The molecule has 0 aliphatic rings. The highest BCUT2D eigenvalue weighted by Gasteiger charge is 2.08. The van der Waals surface area contributed by atoms with Gasteiger partial charge in [-0.1, -0.05) is 11.6 Å². The maximum atomic E-state index is 10.5. The number of nitro benzene ring substituents is 1. The Morgan fingerprint density at radius 1 is 1.47 bits per heavy atom. The fraction of sp³-hybridized carbons (Fsp3) is 0.400. The van der Waals surface area contributed by atoms with Crippen LogP contribution in [0, 0.1) is 10.1 Å². The van der Waals surface area contributed by atoms with Crippen LogP contribution in [0.4, 0.5) is 11.4 Å². The monoisotopic (exact) mass is 278 g/mol. The summed E-state index contributed by atoms with van der Waals surface area (Å²) < 4.78 is 0. The van der Waals surface area contributed by atoms with Crippen molar-refractivity contribution in [2.24, 2.45) is 0 Å². The third-order valence-corrected chi connectivity index (χ3v) is 2.35. The molecule has 0 aliphatic heterocycles. The lowest BCUT2D eigenvalue weighted by molar-refractivity contribution is -0.384. The second kappa shape index (κ2) is 7.32. The van der Waals surface area contributed by atoms with Crippen molar-refractivity contribution in [2.45, 2.75) is 0 Å². The molecule has 7 heteroatoms. The van der Waals surface area contributed by atoms with Gasteiger partial charge in [0.05, 0.1) is 15.6 Å². The maximum Gasteiger partial charge on any atom is 0.271 e. The molecule has 96 valence electrons. The van der Waals surface area contributed by atoms with Gasteiger partial charge in [0, 0.05) is 25.2 Å². The van der Waals surface area contributed by atoms with E-state index in [9.17, 15) is 10.1 Å². The van der Waals surface area contributed by atoms with E-state index in [0.29, 0.717) is 10.7 Å². The van der Waals surface area contributed by atoms with Gasteiger partial charge in [-0.05, 0) is 20.2 Å². The molecule has 0 heterocycles. The highest BCUT2D eigenvalue weighted by molar-refractivity contribution is 6.33. The average Bonchev–Trinajstić information content (AvgIpc) is 2.19. The van der Waals surface area contributed by atoms with E-state index >= 15 is 0 Å². The first-order chi connectivity index (χ1) is 7.50. The smallest absolute Gasteiger partial charge is 0.271 e. The first kappa shape index (κ1) is 16.0. The lowest BCUT2D eigenvalue weighted by Crippen LogP contribution is -3.00. The number of hydrogen-bond acceptors (Lipinski definition) is 4. The molecule has 0 saturated heterocycles. The molecular weight excluding hydrogens is 265 g/mol. The zero-order valence-electron chi connectivity index (χ0n) is 9.61. The molecule has 0 saturated carbocycles. The molecule has 0 radical (unpaired) electrons. The van der Waals surface area contributed by atoms with E-state index in [-0.39, 0.29) is 18.1 Å². The van der Waals surface area contributed by atoms with E-state index in [1.165, 1.54) is 12.1 Å². The summed E-state index contributed by atoms with van der Waals surface area (Å²) in [6.07, 6.45) is 0. The summed E-state index contributed by atoms with van der Waals surface area (Å²) in [5.74, 6) is 0. The minimum Gasteiger partial charge on any atom is -1.00 e. The zero-order chi connectivity index (χ0) is 12.1. The molecule has 0 aliphatic carbocycles. The Morgan fingerprint density at radius 3 is 2.59 bits per heavy atom. The van der Waals surface area contributed by atoms with E-state index in [1.807, 2.05) is 19.0 Å². The van der Waals surface area contributed by atoms with Crippen LogP contribution in [0.15, 0.2) is 18.2 Å². The molecule has 1 rings (SSSR count). The lowest BCUT2D eigenvalue weighted by atomic mass is 10.3. The van der Waals surface area contributed by atoms with Crippen molar-refractivity contribution in [2.75, 3.05) is 32.5 Å². The Labute approximate surface area is 111 Å². The number of rotatable bonds is 5. The first-order valence-corrected chi connectivity index (χ1v) is 5.21. The molecule has 0 fully saturated rings. The van der Waals surface area contributed by atoms with Crippen molar-refractivity contribution < 1.29 is 17.3 Å². The quantitative estimate of drug-likeness (QED) is 0.568. The minimum atomic E-state index is -0.463. The Kier molecular flexibility index (Phi) is 6.87. The molecule has 0 aromatic heterocycles. The van der Waals surface area contributed by atoms with Crippen molar-refractivity contribution in [1.82, 2.24) is 4.90 Å². The highest BCUT2D eigenvalue weighted by atomic mass is 35.5. The number of anilines is 1. The highest BCUT2D eigenvalue weighted by Crippen LogP contribution is 2.26. The summed E-state index contributed by atoms with van der Waals surface area (Å²) >= 11 is 5.91. The summed E-state index contributed by atoms with van der Waals surface area (Å²) in [5.41, 5.74) is 0.720. The van der Waals surface area contributed by atoms with Crippen LogP contribution in [0.2, 0.25) is 5.02 Å². The Bertz CT molecular complexity index is 386. The molecule has 0 spiro atoms.